The Labute approximate surface area is 195 Å². The highest BCUT2D eigenvalue weighted by molar-refractivity contribution is 6.74. The van der Waals surface area contributed by atoms with Gasteiger partial charge in [0.05, 0.1) is 6.10 Å². The molecule has 0 aromatic rings. The molecule has 0 aliphatic heterocycles. The van der Waals surface area contributed by atoms with Gasteiger partial charge < -0.3 is 8.85 Å². The van der Waals surface area contributed by atoms with Gasteiger partial charge in [-0.15, -0.1) is 0 Å². The van der Waals surface area contributed by atoms with Crippen molar-refractivity contribution in [3.05, 3.63) is 24.3 Å². The molecule has 0 heterocycles. The van der Waals surface area contributed by atoms with Crippen molar-refractivity contribution >= 4 is 22.4 Å². The quantitative estimate of drug-likeness (QED) is 0.126. The molecule has 0 aromatic carbocycles. The molecule has 0 bridgehead atoms. The van der Waals surface area contributed by atoms with Crippen LogP contribution in [0.25, 0.3) is 0 Å². The van der Waals surface area contributed by atoms with E-state index in [4.69, 9.17) is 8.85 Å². The van der Waals surface area contributed by atoms with Gasteiger partial charge in [0.25, 0.3) is 0 Å². The Morgan fingerprint density at radius 2 is 1.77 bits per heavy atom. The molecule has 0 amide bonds. The minimum atomic E-state index is -1.95. The molecule has 3 nitrogen and oxygen atoms in total. The van der Waals surface area contributed by atoms with Crippen LogP contribution in [0.1, 0.15) is 80.1 Å². The highest BCUT2D eigenvalue weighted by atomic mass is 28.4. The van der Waals surface area contributed by atoms with Gasteiger partial charge in [0.1, 0.15) is 5.60 Å². The van der Waals surface area contributed by atoms with E-state index in [1.165, 1.54) is 12.8 Å². The van der Waals surface area contributed by atoms with E-state index in [0.717, 1.165) is 18.9 Å². The lowest BCUT2D eigenvalue weighted by atomic mass is 9.96. The van der Waals surface area contributed by atoms with Crippen LogP contribution in [0, 0.1) is 5.92 Å². The van der Waals surface area contributed by atoms with Crippen molar-refractivity contribution in [2.45, 2.75) is 129 Å². The summed E-state index contributed by atoms with van der Waals surface area (Å²) in [7, 11) is -3.85. The molecular weight excluding hydrogens is 416 g/mol. The zero-order chi connectivity index (χ0) is 24.1. The second-order valence-corrected chi connectivity index (χ2v) is 20.9. The number of carbonyl (C=O) groups excluding carboxylic acids is 1. The number of carbonyl (C=O) groups is 1. The highest BCUT2D eigenvalue weighted by Gasteiger charge is 2.46. The Balaban J connectivity index is 3.20. The fourth-order valence-corrected chi connectivity index (χ4v) is 8.93. The Hall–Kier alpha value is -0.496. The van der Waals surface area contributed by atoms with Crippen LogP contribution in [0.4, 0.5) is 0 Å². The molecule has 0 spiro atoms. The molecule has 1 aliphatic carbocycles. The molecule has 0 radical (unpaired) electrons. The largest absolute Gasteiger partial charge is 0.411 e. The lowest BCUT2D eigenvalue weighted by Crippen LogP contribution is -2.45. The van der Waals surface area contributed by atoms with Crippen molar-refractivity contribution in [2.24, 2.45) is 5.92 Å². The summed E-state index contributed by atoms with van der Waals surface area (Å²) in [6.45, 7) is 26.9. The van der Waals surface area contributed by atoms with Gasteiger partial charge in [-0.25, -0.2) is 0 Å². The van der Waals surface area contributed by atoms with Crippen LogP contribution in [0.3, 0.4) is 0 Å². The summed E-state index contributed by atoms with van der Waals surface area (Å²) in [5, 5.41) is 0.164. The van der Waals surface area contributed by atoms with Crippen LogP contribution >= 0.6 is 0 Å². The first-order valence-electron chi connectivity index (χ1n) is 12.4. The van der Waals surface area contributed by atoms with Crippen LogP contribution in [0.2, 0.25) is 37.3 Å². The third-order valence-electron chi connectivity index (χ3n) is 6.85. The van der Waals surface area contributed by atoms with E-state index in [1.807, 2.05) is 0 Å². The number of unbranched alkanes of at least 4 members (excludes halogenated alkanes) is 2. The van der Waals surface area contributed by atoms with E-state index in [-0.39, 0.29) is 16.9 Å². The first-order valence-corrected chi connectivity index (χ1v) is 18.4. The van der Waals surface area contributed by atoms with Gasteiger partial charge in [0.2, 0.25) is 0 Å². The maximum atomic E-state index is 12.5. The van der Waals surface area contributed by atoms with Gasteiger partial charge in [-0.05, 0) is 56.0 Å². The Morgan fingerprint density at radius 3 is 2.23 bits per heavy atom. The Bertz CT molecular complexity index is 644. The number of ketones is 1. The summed E-state index contributed by atoms with van der Waals surface area (Å²) in [6.07, 6.45) is 10.2. The van der Waals surface area contributed by atoms with Crippen molar-refractivity contribution in [3.8, 4) is 0 Å². The van der Waals surface area contributed by atoms with Crippen LogP contribution in [0.5, 0.6) is 0 Å². The second kappa shape index (κ2) is 11.1. The maximum Gasteiger partial charge on any atom is 0.192 e. The van der Waals surface area contributed by atoms with E-state index in [9.17, 15) is 4.79 Å². The molecule has 1 rings (SSSR count). The average Bonchev–Trinajstić information content (AvgIpc) is 2.86. The molecule has 5 heteroatoms. The molecule has 31 heavy (non-hydrogen) atoms. The van der Waals surface area contributed by atoms with Gasteiger partial charge in [0, 0.05) is 12.0 Å². The molecule has 1 fully saturated rings. The van der Waals surface area contributed by atoms with Crippen LogP contribution in [0.15, 0.2) is 24.3 Å². The van der Waals surface area contributed by atoms with E-state index in [1.54, 1.807) is 0 Å². The summed E-state index contributed by atoms with van der Waals surface area (Å²) in [4.78, 5) is 12.5. The lowest BCUT2D eigenvalue weighted by Gasteiger charge is -2.40. The minimum Gasteiger partial charge on any atom is -0.411 e. The molecule has 0 unspecified atom stereocenters. The van der Waals surface area contributed by atoms with E-state index < -0.39 is 22.2 Å². The third kappa shape index (κ3) is 8.41. The van der Waals surface area contributed by atoms with E-state index >= 15 is 0 Å². The Kier molecular flexibility index (Phi) is 10.2. The highest BCUT2D eigenvalue weighted by Crippen LogP contribution is 2.41. The zero-order valence-electron chi connectivity index (χ0n) is 22.2. The summed E-state index contributed by atoms with van der Waals surface area (Å²) >= 11 is 0. The molecule has 0 saturated heterocycles. The van der Waals surface area contributed by atoms with Gasteiger partial charge in [-0.3, -0.25) is 4.79 Å². The standard InChI is InChI=1S/C26H50O3Si2/c1-12-13-14-15-23(28-31(10,11)25(5,6)7)16-18-26(19-17-24(27)22(26)4)29-30(8,9)20-21(2)3/h16,18,21,23H,4,12-15,17,19-20H2,1-3,5-11H3/b18-16+/t23-,26+/m0/s1. The fraction of sp³-hybridized carbons (Fsp3) is 0.808. The average molecular weight is 467 g/mol. The SMILES string of the molecule is C=C1C(=O)CC[C@@]1(/C=C/[C@H](CCCCC)O[Si](C)(C)C(C)(C)C)O[Si](C)(C)CC(C)C. The first-order chi connectivity index (χ1) is 14.1. The molecular formula is C26H50O3Si2. The molecule has 1 saturated carbocycles. The summed E-state index contributed by atoms with van der Waals surface area (Å²) in [5.41, 5.74) is -0.0192. The normalized spacial score (nSPS) is 22.2. The van der Waals surface area contributed by atoms with E-state index in [0.29, 0.717) is 24.3 Å². The number of Topliss-reactive ketones (excluding diaryl/α,β-unsaturated/α-hetero) is 1. The lowest BCUT2D eigenvalue weighted by molar-refractivity contribution is -0.114. The van der Waals surface area contributed by atoms with Gasteiger partial charge in [-0.2, -0.15) is 0 Å². The van der Waals surface area contributed by atoms with Crippen molar-refractivity contribution < 1.29 is 13.6 Å². The van der Waals surface area contributed by atoms with Crippen molar-refractivity contribution in [1.29, 1.82) is 0 Å². The monoisotopic (exact) mass is 466 g/mol. The molecule has 1 aliphatic rings. The maximum absolute atomic E-state index is 12.5. The minimum absolute atomic E-state index is 0.0614. The predicted octanol–water partition coefficient (Wildman–Crippen LogP) is 8.05. The summed E-state index contributed by atoms with van der Waals surface area (Å²) in [5.74, 6) is 0.726. The summed E-state index contributed by atoms with van der Waals surface area (Å²) < 4.78 is 13.6. The molecule has 0 N–H and O–H groups in total. The van der Waals surface area contributed by atoms with Gasteiger partial charge in [-0.1, -0.05) is 79.5 Å². The topological polar surface area (TPSA) is 35.5 Å². The van der Waals surface area contributed by atoms with Gasteiger partial charge >= 0.3 is 0 Å². The summed E-state index contributed by atoms with van der Waals surface area (Å²) in [6, 6.07) is 1.07. The number of hydrogen-bond acceptors (Lipinski definition) is 3. The van der Waals surface area contributed by atoms with Gasteiger partial charge in [0.15, 0.2) is 22.4 Å². The van der Waals surface area contributed by atoms with Crippen LogP contribution in [-0.2, 0) is 13.6 Å². The molecule has 0 aromatic heterocycles. The second-order valence-electron chi connectivity index (χ2n) is 12.0. The molecule has 180 valence electrons. The van der Waals surface area contributed by atoms with Crippen LogP contribution < -0.4 is 0 Å². The van der Waals surface area contributed by atoms with Crippen LogP contribution in [-0.4, -0.2) is 34.1 Å². The zero-order valence-corrected chi connectivity index (χ0v) is 24.2. The fourth-order valence-electron chi connectivity index (χ4n) is 4.29. The van der Waals surface area contributed by atoms with Crippen molar-refractivity contribution in [2.75, 3.05) is 0 Å². The van der Waals surface area contributed by atoms with Crippen molar-refractivity contribution in [3.63, 3.8) is 0 Å². The number of rotatable bonds is 12. The third-order valence-corrected chi connectivity index (χ3v) is 14.1. The Morgan fingerprint density at radius 1 is 1.16 bits per heavy atom. The predicted molar refractivity (Wildman–Crippen MR) is 140 cm³/mol. The smallest absolute Gasteiger partial charge is 0.192 e. The van der Waals surface area contributed by atoms with Crippen molar-refractivity contribution in [1.82, 2.24) is 0 Å². The molecule has 2 atom stereocenters. The van der Waals surface area contributed by atoms with E-state index in [2.05, 4.69) is 86.5 Å². The first kappa shape index (κ1) is 28.5. The number of hydrogen-bond donors (Lipinski definition) is 0.